The van der Waals surface area contributed by atoms with Gasteiger partial charge in [-0.3, -0.25) is 14.4 Å². The summed E-state index contributed by atoms with van der Waals surface area (Å²) in [7, 11) is 0. The van der Waals surface area contributed by atoms with Crippen LogP contribution in [0, 0.1) is 0 Å². The Hall–Kier alpha value is -2.36. The number of nitrogens with two attached hydrogens (primary N) is 1. The summed E-state index contributed by atoms with van der Waals surface area (Å²) in [6, 6.07) is 0. The van der Waals surface area contributed by atoms with Crippen molar-refractivity contribution in [3.63, 3.8) is 0 Å². The van der Waals surface area contributed by atoms with Gasteiger partial charge in [0, 0.05) is 19.3 Å². The predicted octanol–water partition coefficient (Wildman–Crippen LogP) is 13.2. The molecule has 2 N–H and O–H groups in total. The second-order valence-corrected chi connectivity index (χ2v) is 16.4. The summed E-state index contributed by atoms with van der Waals surface area (Å²) in [5, 5.41) is 0. The lowest BCUT2D eigenvalue weighted by Gasteiger charge is -2.18. The van der Waals surface area contributed by atoms with E-state index in [1.165, 1.54) is 154 Å². The standard InChI is InChI=1S/C48H91NO9/c1-3-5-7-9-11-13-15-17-19-21-23-25-27-29-32-37-46(51)56-42-44(43-57-48(53)55-41-40-54-45(50)36-34-31-35-39-49)58-47(52)38-33-30-28-26-24-22-20-18-16-14-12-10-8-6-4-2/h44H,3-43,49H2,1-2H3. The summed E-state index contributed by atoms with van der Waals surface area (Å²) in [5.41, 5.74) is 5.47. The number of carbonyl (C=O) groups excluding carboxylic acids is 4. The van der Waals surface area contributed by atoms with Crippen molar-refractivity contribution in [1.29, 1.82) is 0 Å². The van der Waals surface area contributed by atoms with Crippen LogP contribution in [-0.2, 0) is 38.1 Å². The lowest BCUT2D eigenvalue weighted by atomic mass is 10.0. The molecule has 0 bridgehead atoms. The number of hydrogen-bond donors (Lipinski definition) is 1. The number of carbonyl (C=O) groups is 4. The largest absolute Gasteiger partial charge is 0.508 e. The molecule has 0 spiro atoms. The van der Waals surface area contributed by atoms with Gasteiger partial charge in [-0.05, 0) is 32.2 Å². The molecule has 0 aromatic heterocycles. The van der Waals surface area contributed by atoms with E-state index in [0.717, 1.165) is 51.4 Å². The quantitative estimate of drug-likeness (QED) is 0.0358. The summed E-state index contributed by atoms with van der Waals surface area (Å²) in [4.78, 5) is 49.2. The molecule has 10 nitrogen and oxygen atoms in total. The molecule has 1 atom stereocenters. The van der Waals surface area contributed by atoms with Crippen LogP contribution in [0.4, 0.5) is 4.79 Å². The molecule has 0 radical (unpaired) electrons. The van der Waals surface area contributed by atoms with E-state index in [-0.39, 0.29) is 51.2 Å². The number of rotatable bonds is 45. The Bertz CT molecular complexity index is 931. The smallest absolute Gasteiger partial charge is 0.462 e. The van der Waals surface area contributed by atoms with Crippen molar-refractivity contribution in [3.05, 3.63) is 0 Å². The molecular formula is C48H91NO9. The van der Waals surface area contributed by atoms with Gasteiger partial charge in [0.05, 0.1) is 0 Å². The highest BCUT2D eigenvalue weighted by molar-refractivity contribution is 5.70. The number of hydrogen-bond acceptors (Lipinski definition) is 10. The van der Waals surface area contributed by atoms with Crippen LogP contribution in [-0.4, -0.2) is 63.1 Å². The van der Waals surface area contributed by atoms with Crippen LogP contribution in [0.25, 0.3) is 0 Å². The summed E-state index contributed by atoms with van der Waals surface area (Å²) in [5.74, 6) is -1.12. The highest BCUT2D eigenvalue weighted by Gasteiger charge is 2.20. The molecule has 0 amide bonds. The zero-order valence-electron chi connectivity index (χ0n) is 37.8. The molecule has 0 aromatic rings. The predicted molar refractivity (Wildman–Crippen MR) is 236 cm³/mol. The summed E-state index contributed by atoms with van der Waals surface area (Å²) in [6.07, 6.45) is 38.8. The first-order chi connectivity index (χ1) is 28.4. The van der Waals surface area contributed by atoms with Gasteiger partial charge in [-0.15, -0.1) is 0 Å². The summed E-state index contributed by atoms with van der Waals surface area (Å²) in [6.45, 7) is 4.36. The molecule has 342 valence electrons. The molecule has 0 aromatic carbocycles. The second kappa shape index (κ2) is 45.7. The van der Waals surface area contributed by atoms with Crippen LogP contribution >= 0.6 is 0 Å². The first kappa shape index (κ1) is 55.6. The van der Waals surface area contributed by atoms with Gasteiger partial charge in [0.2, 0.25) is 0 Å². The average molecular weight is 826 g/mol. The second-order valence-electron chi connectivity index (χ2n) is 16.4. The summed E-state index contributed by atoms with van der Waals surface area (Å²) >= 11 is 0. The third kappa shape index (κ3) is 43.2. The van der Waals surface area contributed by atoms with Crippen LogP contribution in [0.1, 0.15) is 245 Å². The van der Waals surface area contributed by atoms with E-state index in [0.29, 0.717) is 19.4 Å². The zero-order chi connectivity index (χ0) is 42.4. The molecule has 0 saturated heterocycles. The molecule has 0 rings (SSSR count). The maximum atomic E-state index is 12.7. The Morgan fingerprint density at radius 1 is 0.362 bits per heavy atom. The lowest BCUT2D eigenvalue weighted by Crippen LogP contribution is -2.31. The van der Waals surface area contributed by atoms with Crippen LogP contribution in [0.3, 0.4) is 0 Å². The van der Waals surface area contributed by atoms with Gasteiger partial charge in [0.15, 0.2) is 6.10 Å². The highest BCUT2D eigenvalue weighted by Crippen LogP contribution is 2.16. The molecule has 0 fully saturated rings. The fraction of sp³-hybridized carbons (Fsp3) is 0.917. The van der Waals surface area contributed by atoms with Crippen molar-refractivity contribution in [2.75, 3.05) is 33.0 Å². The minimum atomic E-state index is -0.980. The first-order valence-corrected chi connectivity index (χ1v) is 24.4. The van der Waals surface area contributed by atoms with E-state index >= 15 is 0 Å². The third-order valence-electron chi connectivity index (χ3n) is 10.7. The van der Waals surface area contributed by atoms with Gasteiger partial charge >= 0.3 is 24.1 Å². The Kier molecular flexibility index (Phi) is 43.9. The van der Waals surface area contributed by atoms with E-state index in [9.17, 15) is 19.2 Å². The number of unbranched alkanes of at least 4 members (excludes halogenated alkanes) is 30. The van der Waals surface area contributed by atoms with Gasteiger partial charge in [-0.25, -0.2) is 4.79 Å². The minimum Gasteiger partial charge on any atom is -0.462 e. The SMILES string of the molecule is CCCCCCCCCCCCCCCCCC(=O)OCC(COC(=O)OCCOC(=O)CCCCCN)OC(=O)CCCCCCCCCCCCCCCCC. The maximum Gasteiger partial charge on any atom is 0.508 e. The molecule has 58 heavy (non-hydrogen) atoms. The Morgan fingerprint density at radius 3 is 1.07 bits per heavy atom. The molecule has 10 heteroatoms. The van der Waals surface area contributed by atoms with Crippen molar-refractivity contribution in [2.45, 2.75) is 251 Å². The Balaban J connectivity index is 4.33. The maximum absolute atomic E-state index is 12.7. The molecule has 0 aliphatic rings. The van der Waals surface area contributed by atoms with E-state index < -0.39 is 18.2 Å². The van der Waals surface area contributed by atoms with Crippen molar-refractivity contribution in [3.8, 4) is 0 Å². The fourth-order valence-electron chi connectivity index (χ4n) is 7.05. The van der Waals surface area contributed by atoms with Crippen LogP contribution < -0.4 is 5.73 Å². The van der Waals surface area contributed by atoms with Crippen molar-refractivity contribution in [1.82, 2.24) is 0 Å². The van der Waals surface area contributed by atoms with Crippen molar-refractivity contribution in [2.24, 2.45) is 5.73 Å². The minimum absolute atomic E-state index is 0.0839. The van der Waals surface area contributed by atoms with E-state index in [1.807, 2.05) is 0 Å². The highest BCUT2D eigenvalue weighted by atomic mass is 16.7. The number of esters is 3. The topological polar surface area (TPSA) is 140 Å². The molecule has 0 aliphatic heterocycles. The average Bonchev–Trinajstić information content (AvgIpc) is 3.22. The van der Waals surface area contributed by atoms with Crippen LogP contribution in [0.5, 0.6) is 0 Å². The molecule has 0 saturated carbocycles. The van der Waals surface area contributed by atoms with Crippen molar-refractivity contribution >= 4 is 24.1 Å². The van der Waals surface area contributed by atoms with Gasteiger partial charge in [0.25, 0.3) is 0 Å². The molecule has 1 unspecified atom stereocenters. The first-order valence-electron chi connectivity index (χ1n) is 24.4. The van der Waals surface area contributed by atoms with Gasteiger partial charge in [-0.2, -0.15) is 0 Å². The zero-order valence-corrected chi connectivity index (χ0v) is 37.8. The van der Waals surface area contributed by atoms with E-state index in [4.69, 9.17) is 29.4 Å². The van der Waals surface area contributed by atoms with Gasteiger partial charge in [-0.1, -0.05) is 200 Å². The molecule has 0 heterocycles. The fourth-order valence-corrected chi connectivity index (χ4v) is 7.05. The Labute approximate surface area is 355 Å². The third-order valence-corrected chi connectivity index (χ3v) is 10.7. The number of ether oxygens (including phenoxy) is 5. The summed E-state index contributed by atoms with van der Waals surface area (Å²) < 4.78 is 26.3. The lowest BCUT2D eigenvalue weighted by molar-refractivity contribution is -0.162. The molecular weight excluding hydrogens is 735 g/mol. The van der Waals surface area contributed by atoms with Crippen molar-refractivity contribution < 1.29 is 42.9 Å². The van der Waals surface area contributed by atoms with Crippen LogP contribution in [0.15, 0.2) is 0 Å². The monoisotopic (exact) mass is 826 g/mol. The Morgan fingerprint density at radius 2 is 0.672 bits per heavy atom. The van der Waals surface area contributed by atoms with Crippen LogP contribution in [0.2, 0.25) is 0 Å². The molecule has 0 aliphatic carbocycles. The van der Waals surface area contributed by atoms with Gasteiger partial charge < -0.3 is 29.4 Å². The van der Waals surface area contributed by atoms with E-state index in [2.05, 4.69) is 13.8 Å². The normalized spacial score (nSPS) is 11.6. The van der Waals surface area contributed by atoms with E-state index in [1.54, 1.807) is 0 Å². The van der Waals surface area contributed by atoms with Gasteiger partial charge in [0.1, 0.15) is 26.4 Å².